The van der Waals surface area contributed by atoms with Crippen LogP contribution in [-0.2, 0) is 4.74 Å². The standard InChI is InChI=1S/C15H14BrNO4/c1-2-19-15(18)13-10(3-4-17-13)9-7-11(16)14-12(8-9)20-5-6-21-14/h3-4,7-8,17H,2,5-6H2,1H3. The molecule has 0 radical (unpaired) electrons. The van der Waals surface area contributed by atoms with E-state index in [0.717, 1.165) is 15.6 Å². The average Bonchev–Trinajstić information content (AvgIpc) is 2.97. The topological polar surface area (TPSA) is 60.6 Å². The first-order valence-corrected chi connectivity index (χ1v) is 7.44. The molecule has 0 amide bonds. The molecule has 2 heterocycles. The van der Waals surface area contributed by atoms with Crippen LogP contribution < -0.4 is 9.47 Å². The molecule has 3 rings (SSSR count). The number of nitrogens with one attached hydrogen (secondary N) is 1. The Balaban J connectivity index is 2.04. The normalized spacial score (nSPS) is 13.0. The van der Waals surface area contributed by atoms with Crippen molar-refractivity contribution >= 4 is 21.9 Å². The Morgan fingerprint density at radius 3 is 3.00 bits per heavy atom. The first kappa shape index (κ1) is 14.0. The van der Waals surface area contributed by atoms with Gasteiger partial charge in [-0.15, -0.1) is 0 Å². The van der Waals surface area contributed by atoms with Crippen molar-refractivity contribution in [1.82, 2.24) is 4.98 Å². The molecule has 1 aliphatic rings. The van der Waals surface area contributed by atoms with Crippen molar-refractivity contribution in [2.75, 3.05) is 19.8 Å². The van der Waals surface area contributed by atoms with Crippen LogP contribution in [0.2, 0.25) is 0 Å². The summed E-state index contributed by atoms with van der Waals surface area (Å²) in [6.45, 7) is 3.16. The molecule has 1 aromatic carbocycles. The van der Waals surface area contributed by atoms with Crippen LogP contribution in [0.1, 0.15) is 17.4 Å². The molecule has 1 aliphatic heterocycles. The molecule has 1 aromatic heterocycles. The highest BCUT2D eigenvalue weighted by atomic mass is 79.9. The van der Waals surface area contributed by atoms with Crippen LogP contribution in [0.3, 0.4) is 0 Å². The van der Waals surface area contributed by atoms with Crippen LogP contribution in [0.15, 0.2) is 28.9 Å². The molecule has 0 spiro atoms. The van der Waals surface area contributed by atoms with Crippen LogP contribution in [0.4, 0.5) is 0 Å². The first-order chi connectivity index (χ1) is 10.2. The molecule has 6 heteroatoms. The van der Waals surface area contributed by atoms with E-state index in [2.05, 4.69) is 20.9 Å². The number of fused-ring (bicyclic) bond motifs is 1. The molecule has 0 saturated carbocycles. The van der Waals surface area contributed by atoms with E-state index in [1.165, 1.54) is 0 Å². The number of carbonyl (C=O) groups is 1. The summed E-state index contributed by atoms with van der Waals surface area (Å²) in [7, 11) is 0. The van der Waals surface area contributed by atoms with Gasteiger partial charge < -0.3 is 19.2 Å². The van der Waals surface area contributed by atoms with Gasteiger partial charge >= 0.3 is 5.97 Å². The van der Waals surface area contributed by atoms with Gasteiger partial charge in [0.2, 0.25) is 0 Å². The van der Waals surface area contributed by atoms with E-state index < -0.39 is 0 Å². The Morgan fingerprint density at radius 2 is 2.19 bits per heavy atom. The molecular formula is C15H14BrNO4. The molecule has 0 aliphatic carbocycles. The van der Waals surface area contributed by atoms with Gasteiger partial charge in [0.25, 0.3) is 0 Å². The van der Waals surface area contributed by atoms with Gasteiger partial charge in [0.05, 0.1) is 11.1 Å². The Bertz CT molecular complexity index is 680. The average molecular weight is 352 g/mol. The van der Waals surface area contributed by atoms with E-state index in [9.17, 15) is 4.79 Å². The fraction of sp³-hybridized carbons (Fsp3) is 0.267. The monoisotopic (exact) mass is 351 g/mol. The minimum Gasteiger partial charge on any atom is -0.486 e. The van der Waals surface area contributed by atoms with Crippen LogP contribution in [-0.4, -0.2) is 30.8 Å². The highest BCUT2D eigenvalue weighted by Gasteiger charge is 2.20. The summed E-state index contributed by atoms with van der Waals surface area (Å²) >= 11 is 3.48. The number of halogens is 1. The van der Waals surface area contributed by atoms with Gasteiger partial charge in [-0.25, -0.2) is 4.79 Å². The fourth-order valence-electron chi connectivity index (χ4n) is 2.25. The van der Waals surface area contributed by atoms with Crippen LogP contribution in [0.25, 0.3) is 11.1 Å². The fourth-order valence-corrected chi connectivity index (χ4v) is 2.80. The lowest BCUT2D eigenvalue weighted by Gasteiger charge is -2.20. The number of esters is 1. The number of benzene rings is 1. The molecule has 1 N–H and O–H groups in total. The molecule has 0 saturated heterocycles. The third kappa shape index (κ3) is 2.63. The molecule has 2 aromatic rings. The number of hydrogen-bond donors (Lipinski definition) is 1. The van der Waals surface area contributed by atoms with Gasteiger partial charge in [-0.3, -0.25) is 0 Å². The van der Waals surface area contributed by atoms with Gasteiger partial charge in [-0.05, 0) is 46.6 Å². The summed E-state index contributed by atoms with van der Waals surface area (Å²) in [6, 6.07) is 5.61. The number of carbonyl (C=O) groups excluding carboxylic acids is 1. The summed E-state index contributed by atoms with van der Waals surface area (Å²) in [5, 5.41) is 0. The number of H-pyrrole nitrogens is 1. The Hall–Kier alpha value is -1.95. The highest BCUT2D eigenvalue weighted by Crippen LogP contribution is 2.41. The van der Waals surface area contributed by atoms with E-state index in [-0.39, 0.29) is 5.97 Å². The summed E-state index contributed by atoms with van der Waals surface area (Å²) in [5.41, 5.74) is 2.06. The largest absolute Gasteiger partial charge is 0.486 e. The number of rotatable bonds is 3. The van der Waals surface area contributed by atoms with Crippen molar-refractivity contribution in [3.8, 4) is 22.6 Å². The molecule has 0 unspecified atom stereocenters. The second kappa shape index (κ2) is 5.81. The van der Waals surface area contributed by atoms with Crippen LogP contribution in [0.5, 0.6) is 11.5 Å². The van der Waals surface area contributed by atoms with E-state index in [4.69, 9.17) is 14.2 Å². The van der Waals surface area contributed by atoms with Crippen molar-refractivity contribution in [2.45, 2.75) is 6.92 Å². The van der Waals surface area contributed by atoms with Gasteiger partial charge in [0, 0.05) is 11.8 Å². The minimum absolute atomic E-state index is 0.335. The second-order valence-corrected chi connectivity index (χ2v) is 5.32. The first-order valence-electron chi connectivity index (χ1n) is 6.64. The molecule has 5 nitrogen and oxygen atoms in total. The maximum Gasteiger partial charge on any atom is 0.355 e. The summed E-state index contributed by atoms with van der Waals surface area (Å²) in [6.07, 6.45) is 1.71. The van der Waals surface area contributed by atoms with Crippen molar-refractivity contribution in [3.05, 3.63) is 34.6 Å². The molecule has 0 atom stereocenters. The summed E-state index contributed by atoms with van der Waals surface area (Å²) in [5.74, 6) is 0.989. The van der Waals surface area contributed by atoms with Crippen molar-refractivity contribution in [2.24, 2.45) is 0 Å². The molecule has 0 bridgehead atoms. The maximum atomic E-state index is 12.0. The lowest BCUT2D eigenvalue weighted by molar-refractivity contribution is 0.0521. The predicted octanol–water partition coefficient (Wildman–Crippen LogP) is 3.39. The summed E-state index contributed by atoms with van der Waals surface area (Å²) in [4.78, 5) is 14.9. The maximum absolute atomic E-state index is 12.0. The third-order valence-electron chi connectivity index (χ3n) is 3.13. The SMILES string of the molecule is CCOC(=O)c1[nH]ccc1-c1cc(Br)c2c(c1)OCCO2. The minimum atomic E-state index is -0.372. The second-order valence-electron chi connectivity index (χ2n) is 4.47. The third-order valence-corrected chi connectivity index (χ3v) is 3.72. The number of hydrogen-bond acceptors (Lipinski definition) is 4. The Labute approximate surface area is 130 Å². The van der Waals surface area contributed by atoms with Crippen LogP contribution in [0, 0.1) is 0 Å². The lowest BCUT2D eigenvalue weighted by Crippen LogP contribution is -2.15. The van der Waals surface area contributed by atoms with Gasteiger partial charge in [0.1, 0.15) is 18.9 Å². The van der Waals surface area contributed by atoms with Crippen molar-refractivity contribution in [1.29, 1.82) is 0 Å². The predicted molar refractivity (Wildman–Crippen MR) is 80.9 cm³/mol. The van der Waals surface area contributed by atoms with Gasteiger partial charge in [0.15, 0.2) is 11.5 Å². The molecular weight excluding hydrogens is 338 g/mol. The molecule has 110 valence electrons. The number of ether oxygens (including phenoxy) is 3. The van der Waals surface area contributed by atoms with Crippen molar-refractivity contribution < 1.29 is 19.0 Å². The Kier molecular flexibility index (Phi) is 3.88. The van der Waals surface area contributed by atoms with E-state index in [1.807, 2.05) is 18.2 Å². The van der Waals surface area contributed by atoms with Gasteiger partial charge in [-0.1, -0.05) is 0 Å². The van der Waals surface area contributed by atoms with E-state index in [1.54, 1.807) is 13.1 Å². The zero-order valence-corrected chi connectivity index (χ0v) is 13.0. The lowest BCUT2D eigenvalue weighted by atomic mass is 10.1. The molecule has 0 fully saturated rings. The Morgan fingerprint density at radius 1 is 1.38 bits per heavy atom. The van der Waals surface area contributed by atoms with E-state index in [0.29, 0.717) is 37.0 Å². The molecule has 21 heavy (non-hydrogen) atoms. The zero-order chi connectivity index (χ0) is 14.8. The van der Waals surface area contributed by atoms with E-state index >= 15 is 0 Å². The van der Waals surface area contributed by atoms with Gasteiger partial charge in [-0.2, -0.15) is 0 Å². The quantitative estimate of drug-likeness (QED) is 0.861. The highest BCUT2D eigenvalue weighted by molar-refractivity contribution is 9.10. The summed E-state index contributed by atoms with van der Waals surface area (Å²) < 4.78 is 17.0. The van der Waals surface area contributed by atoms with Crippen LogP contribution >= 0.6 is 15.9 Å². The zero-order valence-electron chi connectivity index (χ0n) is 11.4. The van der Waals surface area contributed by atoms with Crippen molar-refractivity contribution in [3.63, 3.8) is 0 Å². The number of aromatic amines is 1. The smallest absolute Gasteiger partial charge is 0.355 e. The number of aromatic nitrogens is 1.